The number of β-amino-alcohol motifs (C(OH)–C–C–N with tert-alkyl or cyclic N) is 1. The summed E-state index contributed by atoms with van der Waals surface area (Å²) in [5, 5.41) is 24.9. The average Bonchev–Trinajstić information content (AvgIpc) is 3.70. The molecular formula is C32H32F2N8O4. The maximum atomic E-state index is 15.1. The number of aliphatic hydroxyl groups excluding tert-OH is 1. The maximum Gasteiger partial charge on any atom is 0.254 e. The Balaban J connectivity index is 1.15. The summed E-state index contributed by atoms with van der Waals surface area (Å²) in [5.41, 5.74) is 2.52. The van der Waals surface area contributed by atoms with Crippen molar-refractivity contribution in [3.63, 3.8) is 0 Å². The molecule has 6 rings (SSSR count). The van der Waals surface area contributed by atoms with Crippen LogP contribution < -0.4 is 15.4 Å². The summed E-state index contributed by atoms with van der Waals surface area (Å²) in [6.45, 7) is 5.34. The zero-order chi connectivity index (χ0) is 32.5. The lowest BCUT2D eigenvalue weighted by molar-refractivity contribution is -0.134. The van der Waals surface area contributed by atoms with Gasteiger partial charge in [-0.1, -0.05) is 0 Å². The van der Waals surface area contributed by atoms with E-state index >= 15 is 4.39 Å². The minimum Gasteiger partial charge on any atom is -0.473 e. The van der Waals surface area contributed by atoms with Crippen LogP contribution in [0.3, 0.4) is 0 Å². The topological polar surface area (TPSA) is 148 Å². The maximum absolute atomic E-state index is 15.1. The van der Waals surface area contributed by atoms with Crippen LogP contribution in [0.5, 0.6) is 5.75 Å². The Kier molecular flexibility index (Phi) is 8.53. The van der Waals surface area contributed by atoms with Crippen molar-refractivity contribution in [1.29, 1.82) is 5.26 Å². The number of amides is 2. The van der Waals surface area contributed by atoms with Gasteiger partial charge in [-0.2, -0.15) is 9.65 Å². The number of halogens is 2. The summed E-state index contributed by atoms with van der Waals surface area (Å²) in [6, 6.07) is 9.36. The Morgan fingerprint density at radius 3 is 2.59 bits per heavy atom. The van der Waals surface area contributed by atoms with Crippen molar-refractivity contribution in [3.8, 4) is 23.1 Å². The highest BCUT2D eigenvalue weighted by Gasteiger charge is 2.33. The molecule has 0 spiro atoms. The molecule has 2 saturated heterocycles. The van der Waals surface area contributed by atoms with Gasteiger partial charge in [0.15, 0.2) is 29.1 Å². The van der Waals surface area contributed by atoms with Gasteiger partial charge in [0.25, 0.3) is 5.91 Å². The summed E-state index contributed by atoms with van der Waals surface area (Å²) in [7, 11) is 0. The molecule has 0 saturated carbocycles. The van der Waals surface area contributed by atoms with Gasteiger partial charge in [0.1, 0.15) is 6.07 Å². The monoisotopic (exact) mass is 630 g/mol. The van der Waals surface area contributed by atoms with Gasteiger partial charge in [-0.15, -0.1) is 0 Å². The average molecular weight is 631 g/mol. The van der Waals surface area contributed by atoms with Crippen LogP contribution in [-0.2, 0) is 4.79 Å². The van der Waals surface area contributed by atoms with Crippen LogP contribution in [-0.4, -0.2) is 92.1 Å². The van der Waals surface area contributed by atoms with E-state index in [4.69, 9.17) is 10.00 Å². The second-order valence-corrected chi connectivity index (χ2v) is 11.4. The number of imidazole rings is 1. The SMILES string of the molecule is Cc1cc(Nc2nccn3c(-c4ccc(O[C@H](C)C#N)c(F)c4F)cnc23)ccc1C(=O)N1CCN(C(=O)[C@@H]2C[C@@H](O)CN2)CC1. The number of aliphatic hydroxyl groups is 1. The van der Waals surface area contributed by atoms with E-state index in [0.717, 1.165) is 5.56 Å². The molecule has 2 aromatic carbocycles. The third kappa shape index (κ3) is 5.94. The van der Waals surface area contributed by atoms with Gasteiger partial charge >= 0.3 is 0 Å². The second kappa shape index (κ2) is 12.7. The van der Waals surface area contributed by atoms with Crippen molar-refractivity contribution >= 4 is 29.0 Å². The molecule has 2 aliphatic rings. The fraction of sp³-hybridized carbons (Fsp3) is 0.344. The number of anilines is 2. The van der Waals surface area contributed by atoms with Gasteiger partial charge < -0.3 is 30.3 Å². The predicted molar refractivity (Wildman–Crippen MR) is 163 cm³/mol. The Bertz CT molecular complexity index is 1850. The van der Waals surface area contributed by atoms with Gasteiger partial charge in [0, 0.05) is 61.9 Å². The zero-order valence-electron chi connectivity index (χ0n) is 25.2. The first-order valence-corrected chi connectivity index (χ1v) is 14.9. The molecule has 4 heterocycles. The lowest BCUT2D eigenvalue weighted by Gasteiger charge is -2.36. The quantitative estimate of drug-likeness (QED) is 0.280. The van der Waals surface area contributed by atoms with Crippen LogP contribution in [0.15, 0.2) is 48.9 Å². The van der Waals surface area contributed by atoms with Crippen molar-refractivity contribution < 1.29 is 28.2 Å². The normalized spacial score (nSPS) is 18.8. The van der Waals surface area contributed by atoms with Crippen molar-refractivity contribution in [2.75, 3.05) is 38.0 Å². The Labute approximate surface area is 263 Å². The third-order valence-corrected chi connectivity index (χ3v) is 8.24. The molecule has 238 valence electrons. The number of fused-ring (bicyclic) bond motifs is 1. The van der Waals surface area contributed by atoms with E-state index in [0.29, 0.717) is 61.9 Å². The van der Waals surface area contributed by atoms with Crippen LogP contribution in [0.25, 0.3) is 16.9 Å². The van der Waals surface area contributed by atoms with Crippen LogP contribution in [0.4, 0.5) is 20.3 Å². The fourth-order valence-corrected chi connectivity index (χ4v) is 5.79. The van der Waals surface area contributed by atoms with Crippen LogP contribution >= 0.6 is 0 Å². The Hall–Kier alpha value is -5.13. The number of carbonyl (C=O) groups excluding carboxylic acids is 2. The van der Waals surface area contributed by atoms with Crippen molar-refractivity contribution in [2.45, 2.75) is 38.5 Å². The van der Waals surface area contributed by atoms with Crippen molar-refractivity contribution in [2.24, 2.45) is 0 Å². The lowest BCUT2D eigenvalue weighted by atomic mass is 10.1. The minimum absolute atomic E-state index is 0.0444. The molecule has 0 bridgehead atoms. The molecule has 0 radical (unpaired) electrons. The van der Waals surface area contributed by atoms with E-state index in [1.165, 1.54) is 31.5 Å². The van der Waals surface area contributed by atoms with E-state index < -0.39 is 23.8 Å². The number of nitriles is 1. The molecule has 12 nitrogen and oxygen atoms in total. The minimum atomic E-state index is -1.20. The van der Waals surface area contributed by atoms with E-state index in [9.17, 15) is 19.1 Å². The van der Waals surface area contributed by atoms with Crippen LogP contribution in [0.2, 0.25) is 0 Å². The highest BCUT2D eigenvalue weighted by Crippen LogP contribution is 2.32. The molecule has 14 heteroatoms. The number of carbonyl (C=O) groups is 2. The molecule has 46 heavy (non-hydrogen) atoms. The number of aryl methyl sites for hydroxylation is 1. The molecule has 3 atom stereocenters. The van der Waals surface area contributed by atoms with E-state index in [1.54, 1.807) is 32.5 Å². The Morgan fingerprint density at radius 2 is 1.89 bits per heavy atom. The van der Waals surface area contributed by atoms with Crippen molar-refractivity contribution in [1.82, 2.24) is 29.5 Å². The first-order valence-electron chi connectivity index (χ1n) is 14.9. The smallest absolute Gasteiger partial charge is 0.254 e. The number of hydrogen-bond acceptors (Lipinski definition) is 9. The molecule has 4 aromatic rings. The molecule has 2 fully saturated rings. The summed E-state index contributed by atoms with van der Waals surface area (Å²) in [4.78, 5) is 38.4. The first-order chi connectivity index (χ1) is 22.1. The number of piperazine rings is 1. The fourth-order valence-electron chi connectivity index (χ4n) is 5.79. The molecule has 2 aromatic heterocycles. The van der Waals surface area contributed by atoms with Gasteiger partial charge in [0.2, 0.25) is 11.7 Å². The van der Waals surface area contributed by atoms with Gasteiger partial charge in [-0.3, -0.25) is 14.0 Å². The summed E-state index contributed by atoms with van der Waals surface area (Å²) < 4.78 is 36.6. The van der Waals surface area contributed by atoms with E-state index in [2.05, 4.69) is 20.6 Å². The summed E-state index contributed by atoms with van der Waals surface area (Å²) in [6.07, 6.45) is 3.42. The van der Waals surface area contributed by atoms with Crippen LogP contribution in [0, 0.1) is 29.9 Å². The first kappa shape index (κ1) is 30.9. The molecule has 2 aliphatic heterocycles. The highest BCUT2D eigenvalue weighted by molar-refractivity contribution is 5.96. The summed E-state index contributed by atoms with van der Waals surface area (Å²) in [5.74, 6) is -2.51. The van der Waals surface area contributed by atoms with Gasteiger partial charge in [-0.05, 0) is 56.2 Å². The molecule has 0 aliphatic carbocycles. The number of nitrogens with zero attached hydrogens (tertiary/aromatic N) is 6. The number of hydrogen-bond donors (Lipinski definition) is 3. The van der Waals surface area contributed by atoms with Gasteiger partial charge in [-0.25, -0.2) is 14.4 Å². The van der Waals surface area contributed by atoms with Crippen LogP contribution in [0.1, 0.15) is 29.3 Å². The van der Waals surface area contributed by atoms with E-state index in [-0.39, 0.29) is 34.9 Å². The molecule has 0 unspecified atom stereocenters. The predicted octanol–water partition coefficient (Wildman–Crippen LogP) is 3.02. The Morgan fingerprint density at radius 1 is 1.13 bits per heavy atom. The number of ether oxygens (including phenoxy) is 1. The van der Waals surface area contributed by atoms with E-state index in [1.807, 2.05) is 19.1 Å². The number of rotatable bonds is 7. The van der Waals surface area contributed by atoms with Crippen molar-refractivity contribution in [3.05, 3.63) is 71.7 Å². The molecule has 3 N–H and O–H groups in total. The third-order valence-electron chi connectivity index (χ3n) is 8.24. The highest BCUT2D eigenvalue weighted by atomic mass is 19.2. The molecule has 2 amide bonds. The lowest BCUT2D eigenvalue weighted by Crippen LogP contribution is -2.54. The summed E-state index contributed by atoms with van der Waals surface area (Å²) >= 11 is 0. The largest absolute Gasteiger partial charge is 0.473 e. The number of aromatic nitrogens is 3. The second-order valence-electron chi connectivity index (χ2n) is 11.4. The zero-order valence-corrected chi connectivity index (χ0v) is 25.2. The molecular weight excluding hydrogens is 598 g/mol. The standard InChI is InChI=1S/C32H32F2N8O4/c1-18-13-20(3-4-22(18)31(44)40-9-11-41(12-10-40)32(45)24-14-21(43)16-37-24)39-29-30-38-17-25(42(30)8-7-36-29)23-5-6-26(28(34)27(23)33)46-19(2)15-35/h3-8,13,17,19,21,24,37,43H,9-12,14,16H2,1-2H3,(H,36,39)/t19-,21-,24+/m1/s1. The number of nitrogens with one attached hydrogen (secondary N) is 2. The number of benzene rings is 2. The van der Waals surface area contributed by atoms with Gasteiger partial charge in [0.05, 0.1) is 24.0 Å².